The molecule has 0 aliphatic carbocycles. The Morgan fingerprint density at radius 1 is 1.22 bits per heavy atom. The zero-order chi connectivity index (χ0) is 16.7. The number of amides is 1. The molecule has 1 amide bonds. The number of hydrogen-bond acceptors (Lipinski definition) is 4. The Morgan fingerprint density at radius 3 is 2.65 bits per heavy atom. The summed E-state index contributed by atoms with van der Waals surface area (Å²) in [4.78, 5) is 20.1. The molecule has 1 aromatic heterocycles. The second-order valence-corrected chi connectivity index (χ2v) is 5.88. The lowest BCUT2D eigenvalue weighted by atomic mass is 10.1. The van der Waals surface area contributed by atoms with Crippen LogP contribution in [0.15, 0.2) is 36.7 Å². The van der Waals surface area contributed by atoms with Crippen molar-refractivity contribution in [3.63, 3.8) is 0 Å². The first-order valence-corrected chi connectivity index (χ1v) is 8.07. The molecule has 2 aromatic rings. The van der Waals surface area contributed by atoms with Crippen LogP contribution in [-0.4, -0.2) is 22.4 Å². The number of nitrogens with zero attached hydrogens (tertiary/aromatic N) is 2. The highest BCUT2D eigenvalue weighted by Crippen LogP contribution is 2.25. The van der Waals surface area contributed by atoms with Crippen LogP contribution in [-0.2, 0) is 4.79 Å². The third-order valence-electron chi connectivity index (χ3n) is 3.25. The van der Waals surface area contributed by atoms with Crippen LogP contribution in [0.25, 0.3) is 0 Å². The van der Waals surface area contributed by atoms with Crippen LogP contribution in [0.1, 0.15) is 31.4 Å². The second kappa shape index (κ2) is 8.70. The summed E-state index contributed by atoms with van der Waals surface area (Å²) < 4.78 is 0. The minimum Gasteiger partial charge on any atom is -0.354 e. The van der Waals surface area contributed by atoms with E-state index < -0.39 is 0 Å². The summed E-state index contributed by atoms with van der Waals surface area (Å²) in [6.07, 6.45) is 4.45. The van der Waals surface area contributed by atoms with E-state index >= 15 is 0 Å². The Bertz CT molecular complexity index is 652. The van der Waals surface area contributed by atoms with Gasteiger partial charge in [0.25, 0.3) is 0 Å². The van der Waals surface area contributed by atoms with E-state index in [1.165, 1.54) is 0 Å². The number of anilines is 1. The third kappa shape index (κ3) is 5.69. The van der Waals surface area contributed by atoms with Gasteiger partial charge in [-0.25, -0.2) is 9.97 Å². The maximum atomic E-state index is 12.0. The fourth-order valence-corrected chi connectivity index (χ4v) is 2.32. The summed E-state index contributed by atoms with van der Waals surface area (Å²) in [6, 6.07) is 6.98. The number of benzene rings is 1. The van der Waals surface area contributed by atoms with Crippen molar-refractivity contribution in [3.05, 3.63) is 52.3 Å². The molecule has 0 radical (unpaired) electrons. The Morgan fingerprint density at radius 2 is 1.96 bits per heavy atom. The second-order valence-electron chi connectivity index (χ2n) is 5.07. The van der Waals surface area contributed by atoms with Gasteiger partial charge in [0.15, 0.2) is 0 Å². The number of carbonyl (C=O) groups excluding carboxylic acids is 1. The van der Waals surface area contributed by atoms with Crippen LogP contribution < -0.4 is 10.6 Å². The maximum Gasteiger partial charge on any atom is 0.222 e. The summed E-state index contributed by atoms with van der Waals surface area (Å²) in [5, 5.41) is 6.99. The molecule has 7 heteroatoms. The average Bonchev–Trinajstić information content (AvgIpc) is 2.55. The molecule has 2 N–H and O–H groups in total. The largest absolute Gasteiger partial charge is 0.354 e. The predicted octanol–water partition coefficient (Wildman–Crippen LogP) is 3.85. The molecule has 0 fully saturated rings. The first-order chi connectivity index (χ1) is 11.1. The van der Waals surface area contributed by atoms with Gasteiger partial charge < -0.3 is 10.6 Å². The van der Waals surface area contributed by atoms with Crippen molar-refractivity contribution in [2.75, 3.05) is 11.9 Å². The maximum absolute atomic E-state index is 12.0. The van der Waals surface area contributed by atoms with Gasteiger partial charge in [0, 0.05) is 25.4 Å². The van der Waals surface area contributed by atoms with Crippen LogP contribution in [0, 0.1) is 0 Å². The molecular weight excluding hydrogens is 335 g/mol. The highest BCUT2D eigenvalue weighted by atomic mass is 35.5. The lowest BCUT2D eigenvalue weighted by Crippen LogP contribution is -2.26. The van der Waals surface area contributed by atoms with Crippen LogP contribution in [0.4, 0.5) is 5.95 Å². The predicted molar refractivity (Wildman–Crippen MR) is 92.8 cm³/mol. The number of aromatic nitrogens is 2. The SMILES string of the molecule is C[C@H](NC(=O)CCCNc1ncccn1)c1ccc(Cl)c(Cl)c1. The van der Waals surface area contributed by atoms with E-state index in [1.54, 1.807) is 30.6 Å². The van der Waals surface area contributed by atoms with Crippen molar-refractivity contribution in [2.45, 2.75) is 25.8 Å². The molecule has 122 valence electrons. The van der Waals surface area contributed by atoms with E-state index in [-0.39, 0.29) is 11.9 Å². The molecule has 0 saturated carbocycles. The van der Waals surface area contributed by atoms with Crippen molar-refractivity contribution < 1.29 is 4.79 Å². The summed E-state index contributed by atoms with van der Waals surface area (Å²) in [6.45, 7) is 2.55. The molecule has 0 bridgehead atoms. The molecule has 23 heavy (non-hydrogen) atoms. The summed E-state index contributed by atoms with van der Waals surface area (Å²) >= 11 is 11.9. The molecular formula is C16H18Cl2N4O. The standard InChI is InChI=1S/C16H18Cl2N4O/c1-11(12-5-6-13(17)14(18)10-12)22-15(23)4-2-7-19-16-20-8-3-9-21-16/h3,5-6,8-11H,2,4,7H2,1H3,(H,22,23)(H,19,20,21)/t11-/m0/s1. The van der Waals surface area contributed by atoms with E-state index in [9.17, 15) is 4.79 Å². The number of hydrogen-bond donors (Lipinski definition) is 2. The van der Waals surface area contributed by atoms with Crippen molar-refractivity contribution in [3.8, 4) is 0 Å². The zero-order valence-electron chi connectivity index (χ0n) is 12.7. The lowest BCUT2D eigenvalue weighted by Gasteiger charge is -2.15. The number of nitrogens with one attached hydrogen (secondary N) is 2. The Kier molecular flexibility index (Phi) is 6.62. The monoisotopic (exact) mass is 352 g/mol. The number of halogens is 2. The van der Waals surface area contributed by atoms with Gasteiger partial charge >= 0.3 is 0 Å². The molecule has 0 saturated heterocycles. The fraction of sp³-hybridized carbons (Fsp3) is 0.312. The quantitative estimate of drug-likeness (QED) is 0.742. The minimum absolute atomic E-state index is 0.0145. The van der Waals surface area contributed by atoms with Gasteiger partial charge in [-0.15, -0.1) is 0 Å². The third-order valence-corrected chi connectivity index (χ3v) is 3.99. The smallest absolute Gasteiger partial charge is 0.222 e. The van der Waals surface area contributed by atoms with Gasteiger partial charge in [-0.3, -0.25) is 4.79 Å². The summed E-state index contributed by atoms with van der Waals surface area (Å²) in [7, 11) is 0. The highest BCUT2D eigenvalue weighted by molar-refractivity contribution is 6.42. The van der Waals surface area contributed by atoms with Crippen molar-refractivity contribution >= 4 is 35.1 Å². The van der Waals surface area contributed by atoms with Crippen molar-refractivity contribution in [1.29, 1.82) is 0 Å². The van der Waals surface area contributed by atoms with E-state index in [2.05, 4.69) is 20.6 Å². The molecule has 1 atom stereocenters. The van der Waals surface area contributed by atoms with E-state index in [0.717, 1.165) is 5.56 Å². The molecule has 0 unspecified atom stereocenters. The molecule has 2 rings (SSSR count). The summed E-state index contributed by atoms with van der Waals surface area (Å²) in [5.41, 5.74) is 0.920. The first kappa shape index (κ1) is 17.5. The van der Waals surface area contributed by atoms with Gasteiger partial charge in [0.05, 0.1) is 16.1 Å². The fourth-order valence-electron chi connectivity index (χ4n) is 2.02. The van der Waals surface area contributed by atoms with Gasteiger partial charge in [-0.05, 0) is 37.1 Å². The zero-order valence-corrected chi connectivity index (χ0v) is 14.2. The number of carbonyl (C=O) groups is 1. The van der Waals surface area contributed by atoms with Crippen LogP contribution >= 0.6 is 23.2 Å². The Labute approximate surface area is 145 Å². The van der Waals surface area contributed by atoms with Crippen LogP contribution in [0.2, 0.25) is 10.0 Å². The van der Waals surface area contributed by atoms with Crippen LogP contribution in [0.5, 0.6) is 0 Å². The topological polar surface area (TPSA) is 66.9 Å². The van der Waals surface area contributed by atoms with Crippen molar-refractivity contribution in [2.24, 2.45) is 0 Å². The molecule has 0 spiro atoms. The Balaban J connectivity index is 1.72. The van der Waals surface area contributed by atoms with Crippen molar-refractivity contribution in [1.82, 2.24) is 15.3 Å². The molecule has 5 nitrogen and oxygen atoms in total. The van der Waals surface area contributed by atoms with E-state index in [4.69, 9.17) is 23.2 Å². The highest BCUT2D eigenvalue weighted by Gasteiger charge is 2.10. The molecule has 1 aromatic carbocycles. The lowest BCUT2D eigenvalue weighted by molar-refractivity contribution is -0.121. The van der Waals surface area contributed by atoms with Gasteiger partial charge in [0.1, 0.15) is 0 Å². The van der Waals surface area contributed by atoms with Gasteiger partial charge in [0.2, 0.25) is 11.9 Å². The first-order valence-electron chi connectivity index (χ1n) is 7.31. The molecule has 0 aliphatic rings. The minimum atomic E-state index is -0.123. The van der Waals surface area contributed by atoms with E-state index in [1.807, 2.05) is 13.0 Å². The normalized spacial score (nSPS) is 11.8. The molecule has 0 aliphatic heterocycles. The van der Waals surface area contributed by atoms with Gasteiger partial charge in [-0.2, -0.15) is 0 Å². The van der Waals surface area contributed by atoms with Gasteiger partial charge in [-0.1, -0.05) is 29.3 Å². The molecule has 1 heterocycles. The Hall–Kier alpha value is -1.85. The number of rotatable bonds is 7. The average molecular weight is 353 g/mol. The van der Waals surface area contributed by atoms with E-state index in [0.29, 0.717) is 35.4 Å². The van der Waals surface area contributed by atoms with Crippen LogP contribution in [0.3, 0.4) is 0 Å². The summed E-state index contributed by atoms with van der Waals surface area (Å²) in [5.74, 6) is 0.552.